The Kier molecular flexibility index (Phi) is 3.88. The largest absolute Gasteiger partial charge is 0.378 e. The molecule has 0 spiro atoms. The van der Waals surface area contributed by atoms with Crippen LogP contribution in [-0.4, -0.2) is 30.3 Å². The summed E-state index contributed by atoms with van der Waals surface area (Å²) in [5.41, 5.74) is 1.40. The number of hydrogen-bond donors (Lipinski definition) is 0. The summed E-state index contributed by atoms with van der Waals surface area (Å²) in [5, 5.41) is 4.02. The Morgan fingerprint density at radius 1 is 1.42 bits per heavy atom. The van der Waals surface area contributed by atoms with Crippen molar-refractivity contribution in [1.29, 1.82) is 0 Å². The first-order chi connectivity index (χ1) is 8.91. The zero-order chi connectivity index (χ0) is 14.0. The molecular formula is C11H12ClN3O3S. The summed E-state index contributed by atoms with van der Waals surface area (Å²) >= 11 is 0. The lowest BCUT2D eigenvalue weighted by molar-refractivity contribution is 0.181. The maximum atomic E-state index is 11.6. The number of halogens is 1. The molecule has 0 saturated heterocycles. The highest BCUT2D eigenvalue weighted by Gasteiger charge is 2.21. The van der Waals surface area contributed by atoms with E-state index < -0.39 is 9.05 Å². The van der Waals surface area contributed by atoms with Gasteiger partial charge < -0.3 is 4.74 Å². The summed E-state index contributed by atoms with van der Waals surface area (Å²) in [6, 6.07) is 4.89. The monoisotopic (exact) mass is 301 g/mol. The number of rotatable bonds is 4. The van der Waals surface area contributed by atoms with Crippen LogP contribution >= 0.6 is 10.7 Å². The maximum absolute atomic E-state index is 11.6. The minimum atomic E-state index is -3.91. The van der Waals surface area contributed by atoms with Gasteiger partial charge in [-0.15, -0.1) is 0 Å². The Balaban J connectivity index is 2.61. The number of ether oxygens (including phenoxy) is 1. The average Bonchev–Trinajstić information content (AvgIpc) is 2.73. The molecule has 0 amide bonds. The van der Waals surface area contributed by atoms with E-state index in [-0.39, 0.29) is 11.6 Å². The van der Waals surface area contributed by atoms with Crippen LogP contribution in [0.4, 0.5) is 0 Å². The molecule has 0 radical (unpaired) electrons. The molecule has 102 valence electrons. The molecular weight excluding hydrogens is 290 g/mol. The molecule has 0 bridgehead atoms. The Morgan fingerprint density at radius 3 is 2.74 bits per heavy atom. The predicted molar refractivity (Wildman–Crippen MR) is 69.8 cm³/mol. The summed E-state index contributed by atoms with van der Waals surface area (Å²) in [7, 11) is 2.99. The highest BCUT2D eigenvalue weighted by molar-refractivity contribution is 8.13. The molecule has 19 heavy (non-hydrogen) atoms. The summed E-state index contributed by atoms with van der Waals surface area (Å²) in [5.74, 6) is 0.390. The fourth-order valence-corrected chi connectivity index (χ4v) is 2.55. The van der Waals surface area contributed by atoms with Gasteiger partial charge in [-0.05, 0) is 24.6 Å². The van der Waals surface area contributed by atoms with Crippen LogP contribution in [0.5, 0.6) is 0 Å². The van der Waals surface area contributed by atoms with E-state index in [1.165, 1.54) is 17.9 Å². The van der Waals surface area contributed by atoms with E-state index in [0.717, 1.165) is 5.56 Å². The Morgan fingerprint density at radius 2 is 2.16 bits per heavy atom. The molecule has 0 aliphatic rings. The SMILES string of the molecule is COCc1cc(S(=O)(=O)Cl)n(-c2cc(C)ccn2)n1. The van der Waals surface area contributed by atoms with Gasteiger partial charge in [0, 0.05) is 30.1 Å². The van der Waals surface area contributed by atoms with Gasteiger partial charge in [0.05, 0.1) is 12.3 Å². The molecule has 2 heterocycles. The van der Waals surface area contributed by atoms with Crippen molar-refractivity contribution in [1.82, 2.24) is 14.8 Å². The van der Waals surface area contributed by atoms with Gasteiger partial charge in [0.25, 0.3) is 9.05 Å². The van der Waals surface area contributed by atoms with E-state index in [2.05, 4.69) is 10.1 Å². The summed E-state index contributed by atoms with van der Waals surface area (Å²) < 4.78 is 29.3. The molecule has 2 aromatic heterocycles. The van der Waals surface area contributed by atoms with E-state index in [0.29, 0.717) is 11.5 Å². The summed E-state index contributed by atoms with van der Waals surface area (Å²) in [6.07, 6.45) is 1.58. The van der Waals surface area contributed by atoms with Crippen molar-refractivity contribution in [3.63, 3.8) is 0 Å². The highest BCUT2D eigenvalue weighted by Crippen LogP contribution is 2.20. The lowest BCUT2D eigenvalue weighted by Gasteiger charge is -2.04. The topological polar surface area (TPSA) is 74.1 Å². The van der Waals surface area contributed by atoms with Crippen LogP contribution in [0.25, 0.3) is 5.82 Å². The number of hydrogen-bond acceptors (Lipinski definition) is 5. The van der Waals surface area contributed by atoms with Gasteiger partial charge in [0.1, 0.15) is 0 Å². The molecule has 0 aliphatic carbocycles. The molecule has 0 fully saturated rings. The standard InChI is InChI=1S/C11H12ClN3O3S/c1-8-3-4-13-10(5-8)15-11(19(12,16)17)6-9(14-15)7-18-2/h3-6H,7H2,1-2H3. The van der Waals surface area contributed by atoms with Crippen molar-refractivity contribution in [3.05, 3.63) is 35.7 Å². The summed E-state index contributed by atoms with van der Waals surface area (Å²) in [4.78, 5) is 4.09. The third kappa shape index (κ3) is 3.12. The fourth-order valence-electron chi connectivity index (χ4n) is 1.60. The van der Waals surface area contributed by atoms with Gasteiger partial charge >= 0.3 is 0 Å². The van der Waals surface area contributed by atoms with Crippen LogP contribution in [0, 0.1) is 6.92 Å². The molecule has 2 rings (SSSR count). The van der Waals surface area contributed by atoms with Crippen LogP contribution in [0.15, 0.2) is 29.4 Å². The van der Waals surface area contributed by atoms with Crippen LogP contribution in [-0.2, 0) is 20.4 Å². The van der Waals surface area contributed by atoms with Crippen LogP contribution in [0.2, 0.25) is 0 Å². The Bertz CT molecular complexity index is 697. The Labute approximate surface area is 115 Å². The third-order valence-corrected chi connectivity index (χ3v) is 3.65. The van der Waals surface area contributed by atoms with Crippen LogP contribution < -0.4 is 0 Å². The minimum Gasteiger partial charge on any atom is -0.378 e. The second-order valence-corrected chi connectivity index (χ2v) is 6.46. The third-order valence-electron chi connectivity index (χ3n) is 2.39. The first kappa shape index (κ1) is 14.0. The normalized spacial score (nSPS) is 11.7. The van der Waals surface area contributed by atoms with Gasteiger partial charge in [-0.1, -0.05) is 0 Å². The molecule has 8 heteroatoms. The quantitative estimate of drug-likeness (QED) is 0.803. The second-order valence-electron chi connectivity index (χ2n) is 3.95. The number of methoxy groups -OCH3 is 1. The molecule has 0 N–H and O–H groups in total. The number of nitrogens with zero attached hydrogens (tertiary/aromatic N) is 3. The smallest absolute Gasteiger partial charge is 0.278 e. The van der Waals surface area contributed by atoms with Gasteiger partial charge in [-0.25, -0.2) is 18.1 Å². The van der Waals surface area contributed by atoms with Gasteiger partial charge in [0.2, 0.25) is 0 Å². The van der Waals surface area contributed by atoms with Crippen molar-refractivity contribution < 1.29 is 13.2 Å². The van der Waals surface area contributed by atoms with Gasteiger partial charge in [-0.2, -0.15) is 5.10 Å². The van der Waals surface area contributed by atoms with Gasteiger partial charge in [-0.3, -0.25) is 0 Å². The fraction of sp³-hybridized carbons (Fsp3) is 0.273. The molecule has 0 unspecified atom stereocenters. The first-order valence-electron chi connectivity index (χ1n) is 5.37. The minimum absolute atomic E-state index is 0.126. The number of aromatic nitrogens is 3. The predicted octanol–water partition coefficient (Wildman–Crippen LogP) is 1.65. The van der Waals surface area contributed by atoms with E-state index >= 15 is 0 Å². The van der Waals surface area contributed by atoms with Gasteiger partial charge in [0.15, 0.2) is 10.8 Å². The van der Waals surface area contributed by atoms with E-state index in [1.807, 2.05) is 6.92 Å². The van der Waals surface area contributed by atoms with Crippen molar-refractivity contribution in [2.24, 2.45) is 0 Å². The van der Waals surface area contributed by atoms with Crippen molar-refractivity contribution in [2.75, 3.05) is 7.11 Å². The highest BCUT2D eigenvalue weighted by atomic mass is 35.7. The molecule has 0 aromatic carbocycles. The lowest BCUT2D eigenvalue weighted by Crippen LogP contribution is -2.06. The van der Waals surface area contributed by atoms with Crippen LogP contribution in [0.3, 0.4) is 0 Å². The van der Waals surface area contributed by atoms with Crippen LogP contribution in [0.1, 0.15) is 11.3 Å². The number of aryl methyl sites for hydroxylation is 1. The average molecular weight is 302 g/mol. The van der Waals surface area contributed by atoms with E-state index in [9.17, 15) is 8.42 Å². The first-order valence-corrected chi connectivity index (χ1v) is 7.68. The molecule has 0 saturated carbocycles. The zero-order valence-electron chi connectivity index (χ0n) is 10.4. The zero-order valence-corrected chi connectivity index (χ0v) is 11.9. The molecule has 6 nitrogen and oxygen atoms in total. The van der Waals surface area contributed by atoms with E-state index in [4.69, 9.17) is 15.4 Å². The van der Waals surface area contributed by atoms with E-state index in [1.54, 1.807) is 18.3 Å². The Hall–Kier alpha value is -1.44. The van der Waals surface area contributed by atoms with Crippen molar-refractivity contribution in [3.8, 4) is 5.82 Å². The molecule has 0 aliphatic heterocycles. The maximum Gasteiger partial charge on any atom is 0.278 e. The van der Waals surface area contributed by atoms with Crippen molar-refractivity contribution >= 4 is 19.7 Å². The molecule has 0 atom stereocenters. The molecule has 2 aromatic rings. The van der Waals surface area contributed by atoms with Crippen molar-refractivity contribution in [2.45, 2.75) is 18.6 Å². The second kappa shape index (κ2) is 5.28. The number of pyridine rings is 1. The summed E-state index contributed by atoms with van der Waals surface area (Å²) in [6.45, 7) is 2.07. The lowest BCUT2D eigenvalue weighted by atomic mass is 10.3.